The molecule has 2 aliphatic rings. The molecule has 9 aromatic carbocycles. The molecule has 0 fully saturated rings. The Kier molecular flexibility index (Phi) is 8.58. The molecular formula is C60H47N. The van der Waals surface area contributed by atoms with E-state index in [2.05, 4.69) is 245 Å². The van der Waals surface area contributed by atoms with Crippen molar-refractivity contribution in [2.24, 2.45) is 0 Å². The zero-order chi connectivity index (χ0) is 41.3. The van der Waals surface area contributed by atoms with E-state index in [9.17, 15) is 0 Å². The highest BCUT2D eigenvalue weighted by atomic mass is 15.1. The first-order chi connectivity index (χ1) is 29.8. The number of anilines is 3. The van der Waals surface area contributed by atoms with Crippen LogP contribution in [0.1, 0.15) is 49.9 Å². The van der Waals surface area contributed by atoms with E-state index in [-0.39, 0.29) is 10.8 Å². The van der Waals surface area contributed by atoms with Crippen LogP contribution in [0.5, 0.6) is 0 Å². The summed E-state index contributed by atoms with van der Waals surface area (Å²) in [6.07, 6.45) is 0. The fraction of sp³-hybridized carbons (Fsp3) is 0.100. The molecule has 0 amide bonds. The molecule has 1 nitrogen and oxygen atoms in total. The second-order valence-electron chi connectivity index (χ2n) is 17.7. The van der Waals surface area contributed by atoms with Crippen molar-refractivity contribution in [1.82, 2.24) is 0 Å². The van der Waals surface area contributed by atoms with Gasteiger partial charge in [-0.2, -0.15) is 0 Å². The Morgan fingerprint density at radius 3 is 0.951 bits per heavy atom. The first-order valence-electron chi connectivity index (χ1n) is 21.5. The van der Waals surface area contributed by atoms with Gasteiger partial charge in [-0.15, -0.1) is 0 Å². The normalized spacial score (nSPS) is 13.8. The summed E-state index contributed by atoms with van der Waals surface area (Å²) in [5, 5.41) is 0. The number of fused-ring (bicyclic) bond motifs is 6. The van der Waals surface area contributed by atoms with E-state index in [1.54, 1.807) is 0 Å². The molecule has 0 atom stereocenters. The fourth-order valence-corrected chi connectivity index (χ4v) is 10.5. The van der Waals surface area contributed by atoms with Crippen molar-refractivity contribution in [3.05, 3.63) is 235 Å². The molecular weight excluding hydrogens is 735 g/mol. The molecule has 0 saturated carbocycles. The van der Waals surface area contributed by atoms with Crippen molar-refractivity contribution >= 4 is 17.1 Å². The highest BCUT2D eigenvalue weighted by Crippen LogP contribution is 2.54. The fourth-order valence-electron chi connectivity index (χ4n) is 10.5. The molecule has 292 valence electrons. The minimum Gasteiger partial charge on any atom is -0.311 e. The molecule has 9 aromatic rings. The summed E-state index contributed by atoms with van der Waals surface area (Å²) in [5.74, 6) is 0. The second kappa shape index (κ2) is 14.2. The number of hydrogen-bond donors (Lipinski definition) is 0. The monoisotopic (exact) mass is 781 g/mol. The molecule has 1 heteroatoms. The summed E-state index contributed by atoms with van der Waals surface area (Å²) < 4.78 is 0. The summed E-state index contributed by atoms with van der Waals surface area (Å²) in [5.41, 5.74) is 24.0. The molecule has 0 spiro atoms. The third-order valence-electron chi connectivity index (χ3n) is 13.5. The molecule has 0 bridgehead atoms. The quantitative estimate of drug-likeness (QED) is 0.156. The van der Waals surface area contributed by atoms with Crippen LogP contribution in [0, 0.1) is 0 Å². The van der Waals surface area contributed by atoms with Crippen LogP contribution in [0.3, 0.4) is 0 Å². The summed E-state index contributed by atoms with van der Waals surface area (Å²) >= 11 is 0. The van der Waals surface area contributed by atoms with E-state index in [1.165, 1.54) is 89.0 Å². The smallest absolute Gasteiger partial charge is 0.0462 e. The van der Waals surface area contributed by atoms with Gasteiger partial charge >= 0.3 is 0 Å². The molecule has 0 N–H and O–H groups in total. The predicted octanol–water partition coefficient (Wildman–Crippen LogP) is 16.4. The van der Waals surface area contributed by atoms with Gasteiger partial charge in [0.15, 0.2) is 0 Å². The largest absolute Gasteiger partial charge is 0.311 e. The van der Waals surface area contributed by atoms with Gasteiger partial charge in [-0.25, -0.2) is 0 Å². The Hall–Kier alpha value is -7.22. The Morgan fingerprint density at radius 1 is 0.246 bits per heavy atom. The molecule has 61 heavy (non-hydrogen) atoms. The summed E-state index contributed by atoms with van der Waals surface area (Å²) in [6.45, 7) is 9.47. The maximum Gasteiger partial charge on any atom is 0.0462 e. The van der Waals surface area contributed by atoms with Crippen LogP contribution in [0.25, 0.3) is 66.8 Å². The number of hydrogen-bond acceptors (Lipinski definition) is 1. The van der Waals surface area contributed by atoms with Gasteiger partial charge < -0.3 is 4.90 Å². The van der Waals surface area contributed by atoms with E-state index in [4.69, 9.17) is 0 Å². The minimum absolute atomic E-state index is 0.0878. The van der Waals surface area contributed by atoms with Crippen LogP contribution in [0.2, 0.25) is 0 Å². The molecule has 0 saturated heterocycles. The van der Waals surface area contributed by atoms with Crippen molar-refractivity contribution in [2.75, 3.05) is 4.90 Å². The van der Waals surface area contributed by atoms with Crippen LogP contribution in [-0.4, -0.2) is 0 Å². The first-order valence-corrected chi connectivity index (χ1v) is 21.5. The topological polar surface area (TPSA) is 3.24 Å². The lowest BCUT2D eigenvalue weighted by molar-refractivity contribution is 0.662. The van der Waals surface area contributed by atoms with Crippen LogP contribution in [0.15, 0.2) is 212 Å². The van der Waals surface area contributed by atoms with Gasteiger partial charge in [0.05, 0.1) is 0 Å². The highest BCUT2D eigenvalue weighted by Gasteiger charge is 2.38. The predicted molar refractivity (Wildman–Crippen MR) is 258 cm³/mol. The molecule has 0 heterocycles. The van der Waals surface area contributed by atoms with Crippen molar-refractivity contribution in [3.8, 4) is 66.8 Å². The van der Waals surface area contributed by atoms with Gasteiger partial charge in [-0.05, 0) is 125 Å². The van der Waals surface area contributed by atoms with Crippen LogP contribution >= 0.6 is 0 Å². The van der Waals surface area contributed by atoms with Gasteiger partial charge in [0.25, 0.3) is 0 Å². The van der Waals surface area contributed by atoms with Gasteiger partial charge in [0, 0.05) is 27.9 Å². The molecule has 0 unspecified atom stereocenters. The first kappa shape index (κ1) is 36.8. The van der Waals surface area contributed by atoms with Gasteiger partial charge in [0.2, 0.25) is 0 Å². The summed E-state index contributed by atoms with van der Waals surface area (Å²) in [4.78, 5) is 2.39. The Morgan fingerprint density at radius 2 is 0.541 bits per heavy atom. The van der Waals surface area contributed by atoms with E-state index < -0.39 is 0 Å². The van der Waals surface area contributed by atoms with Gasteiger partial charge in [-0.1, -0.05) is 204 Å². The van der Waals surface area contributed by atoms with Crippen molar-refractivity contribution in [2.45, 2.75) is 38.5 Å². The average Bonchev–Trinajstić information content (AvgIpc) is 3.70. The summed E-state index contributed by atoms with van der Waals surface area (Å²) in [7, 11) is 0. The van der Waals surface area contributed by atoms with E-state index in [0.29, 0.717) is 0 Å². The van der Waals surface area contributed by atoms with E-state index in [0.717, 1.165) is 17.1 Å². The summed E-state index contributed by atoms with van der Waals surface area (Å²) in [6, 6.07) is 78.3. The minimum atomic E-state index is -0.0878. The van der Waals surface area contributed by atoms with Crippen molar-refractivity contribution in [1.29, 1.82) is 0 Å². The SMILES string of the molecule is CC1(C)c2ccccc2-c2cccc(-c3ccc(N(c4ccc(-c5ccc(-c6ccccc6)cc5)cc4)c4ccc(-c5cccc6c5C(C)(C)c5ccccc5-6)cc4)cc3)c21. The third kappa shape index (κ3) is 5.99. The second-order valence-corrected chi connectivity index (χ2v) is 17.7. The molecule has 2 aliphatic carbocycles. The number of nitrogens with zero attached hydrogens (tertiary/aromatic N) is 1. The van der Waals surface area contributed by atoms with Crippen LogP contribution in [-0.2, 0) is 10.8 Å². The Bertz CT molecular complexity index is 2930. The number of rotatable bonds is 7. The highest BCUT2D eigenvalue weighted by molar-refractivity contribution is 5.91. The van der Waals surface area contributed by atoms with E-state index >= 15 is 0 Å². The van der Waals surface area contributed by atoms with Crippen LogP contribution in [0.4, 0.5) is 17.1 Å². The lowest BCUT2D eigenvalue weighted by Gasteiger charge is -2.27. The van der Waals surface area contributed by atoms with Crippen LogP contribution < -0.4 is 4.90 Å². The molecule has 11 rings (SSSR count). The lowest BCUT2D eigenvalue weighted by Crippen LogP contribution is -2.16. The maximum atomic E-state index is 2.39. The van der Waals surface area contributed by atoms with Gasteiger partial charge in [-0.3, -0.25) is 0 Å². The zero-order valence-electron chi connectivity index (χ0n) is 35.2. The van der Waals surface area contributed by atoms with E-state index in [1.807, 2.05) is 0 Å². The third-order valence-corrected chi connectivity index (χ3v) is 13.5. The molecule has 0 radical (unpaired) electrons. The van der Waals surface area contributed by atoms with Crippen molar-refractivity contribution in [3.63, 3.8) is 0 Å². The molecule has 0 aliphatic heterocycles. The maximum absolute atomic E-state index is 2.39. The average molecular weight is 782 g/mol. The molecule has 0 aromatic heterocycles. The Balaban J connectivity index is 0.973. The van der Waals surface area contributed by atoms with Crippen molar-refractivity contribution < 1.29 is 0 Å². The number of benzene rings is 9. The Labute approximate surface area is 360 Å². The standard InChI is InChI=1S/C60H47N/c1-59(2)55-22-10-8-16-51(55)53-20-12-18-49(57(53)59)44-30-36-47(37-31-44)61(46-34-28-43(29-35-46)42-26-24-41(25-27-42)40-14-6-5-7-15-40)48-38-32-45(33-39-48)50-19-13-21-54-52-17-9-11-23-56(52)60(3,4)58(50)54/h5-39H,1-4H3. The zero-order valence-corrected chi connectivity index (χ0v) is 35.2. The lowest BCUT2D eigenvalue weighted by atomic mass is 9.79. The van der Waals surface area contributed by atoms with Gasteiger partial charge in [0.1, 0.15) is 0 Å².